The number of likely N-dealkylation sites (tertiary alicyclic amines) is 1. The molecule has 1 atom stereocenters. The van der Waals surface area contributed by atoms with E-state index in [1.807, 2.05) is 6.07 Å². The number of rotatable bonds is 5. The van der Waals surface area contributed by atoms with Gasteiger partial charge in [0.05, 0.1) is 6.54 Å². The summed E-state index contributed by atoms with van der Waals surface area (Å²) in [4.78, 5) is 15.8. The molecule has 1 N–H and O–H groups in total. The third-order valence-corrected chi connectivity index (χ3v) is 5.63. The van der Waals surface area contributed by atoms with Gasteiger partial charge in [-0.3, -0.25) is 9.69 Å². The Morgan fingerprint density at radius 2 is 2.22 bits per heavy atom. The van der Waals surface area contributed by atoms with Gasteiger partial charge in [0.1, 0.15) is 0 Å². The third-order valence-electron chi connectivity index (χ3n) is 4.07. The predicted molar refractivity (Wildman–Crippen MR) is 96.2 cm³/mol. The van der Waals surface area contributed by atoms with E-state index in [9.17, 15) is 4.79 Å². The van der Waals surface area contributed by atoms with Crippen molar-refractivity contribution in [3.05, 3.63) is 56.2 Å². The SMILES string of the molecule is O=C(CN1CCC[C@H]1c1cccs1)NCc1ccc(Cl)cc1Cl. The molecule has 1 amide bonds. The minimum Gasteiger partial charge on any atom is -0.351 e. The molecule has 0 bridgehead atoms. The number of nitrogens with one attached hydrogen (secondary N) is 1. The molecule has 3 rings (SSSR count). The molecule has 6 heteroatoms. The fourth-order valence-electron chi connectivity index (χ4n) is 2.92. The number of hydrogen-bond donors (Lipinski definition) is 1. The number of nitrogens with zero attached hydrogens (tertiary/aromatic N) is 1. The lowest BCUT2D eigenvalue weighted by Gasteiger charge is -2.23. The Morgan fingerprint density at radius 1 is 1.35 bits per heavy atom. The van der Waals surface area contributed by atoms with Crippen molar-refractivity contribution in [2.45, 2.75) is 25.4 Å². The molecule has 3 nitrogen and oxygen atoms in total. The quantitative estimate of drug-likeness (QED) is 0.841. The smallest absolute Gasteiger partial charge is 0.234 e. The van der Waals surface area contributed by atoms with Crippen molar-refractivity contribution in [1.82, 2.24) is 10.2 Å². The van der Waals surface area contributed by atoms with Crippen molar-refractivity contribution in [1.29, 1.82) is 0 Å². The standard InChI is InChI=1S/C17H18Cl2N2OS/c18-13-6-5-12(14(19)9-13)10-20-17(22)11-21-7-1-3-15(21)16-4-2-8-23-16/h2,4-6,8-9,15H,1,3,7,10-11H2,(H,20,22)/t15-/m0/s1. The van der Waals surface area contributed by atoms with Gasteiger partial charge < -0.3 is 5.32 Å². The van der Waals surface area contributed by atoms with Crippen molar-refractivity contribution in [2.24, 2.45) is 0 Å². The fraction of sp³-hybridized carbons (Fsp3) is 0.353. The van der Waals surface area contributed by atoms with Crippen LogP contribution in [-0.4, -0.2) is 23.9 Å². The van der Waals surface area contributed by atoms with Gasteiger partial charge in [0.15, 0.2) is 0 Å². The molecule has 0 aliphatic carbocycles. The Morgan fingerprint density at radius 3 is 2.96 bits per heavy atom. The molecule has 1 fully saturated rings. The zero-order valence-corrected chi connectivity index (χ0v) is 14.9. The van der Waals surface area contributed by atoms with E-state index in [2.05, 4.69) is 27.7 Å². The largest absolute Gasteiger partial charge is 0.351 e. The molecule has 0 unspecified atom stereocenters. The average molecular weight is 369 g/mol. The fourth-order valence-corrected chi connectivity index (χ4v) is 4.29. The van der Waals surface area contributed by atoms with Gasteiger partial charge in [-0.25, -0.2) is 0 Å². The monoisotopic (exact) mass is 368 g/mol. The van der Waals surface area contributed by atoms with Crippen LogP contribution in [0.3, 0.4) is 0 Å². The minimum atomic E-state index is 0.0273. The average Bonchev–Trinajstić information content (AvgIpc) is 3.17. The van der Waals surface area contributed by atoms with Gasteiger partial charge >= 0.3 is 0 Å². The maximum Gasteiger partial charge on any atom is 0.234 e. The Kier molecular flexibility index (Phi) is 5.59. The second-order valence-corrected chi connectivity index (χ2v) is 7.48. The first kappa shape index (κ1) is 16.8. The zero-order chi connectivity index (χ0) is 16.2. The molecular weight excluding hydrogens is 351 g/mol. The summed E-state index contributed by atoms with van der Waals surface area (Å²) in [6, 6.07) is 9.91. The van der Waals surface area contributed by atoms with Gasteiger partial charge in [0.25, 0.3) is 0 Å². The zero-order valence-electron chi connectivity index (χ0n) is 12.6. The van der Waals surface area contributed by atoms with Gasteiger partial charge in [-0.1, -0.05) is 35.3 Å². The number of carbonyl (C=O) groups is 1. The molecule has 122 valence electrons. The van der Waals surface area contributed by atoms with Crippen LogP contribution in [0.4, 0.5) is 0 Å². The number of thiophene rings is 1. The molecule has 0 spiro atoms. The summed E-state index contributed by atoms with van der Waals surface area (Å²) in [6.07, 6.45) is 2.26. The number of carbonyl (C=O) groups excluding carboxylic acids is 1. The van der Waals surface area contributed by atoms with E-state index >= 15 is 0 Å². The topological polar surface area (TPSA) is 32.3 Å². The maximum absolute atomic E-state index is 12.2. The van der Waals surface area contributed by atoms with Crippen LogP contribution >= 0.6 is 34.5 Å². The Hall–Kier alpha value is -1.07. The molecule has 0 saturated carbocycles. The van der Waals surface area contributed by atoms with Gasteiger partial charge in [0.2, 0.25) is 5.91 Å². The van der Waals surface area contributed by atoms with Crippen LogP contribution < -0.4 is 5.32 Å². The van der Waals surface area contributed by atoms with Crippen molar-refractivity contribution >= 4 is 40.4 Å². The highest BCUT2D eigenvalue weighted by Crippen LogP contribution is 2.34. The van der Waals surface area contributed by atoms with Crippen LogP contribution in [-0.2, 0) is 11.3 Å². The Balaban J connectivity index is 1.55. The van der Waals surface area contributed by atoms with Gasteiger partial charge in [-0.15, -0.1) is 11.3 Å². The number of halogens is 2. The van der Waals surface area contributed by atoms with Crippen LogP contribution in [0.15, 0.2) is 35.7 Å². The predicted octanol–water partition coefficient (Wildman–Crippen LogP) is 4.51. The summed E-state index contributed by atoms with van der Waals surface area (Å²) >= 11 is 13.8. The summed E-state index contributed by atoms with van der Waals surface area (Å²) in [5, 5.41) is 6.22. The first-order valence-corrected chi connectivity index (χ1v) is 9.25. The summed E-state index contributed by atoms with van der Waals surface area (Å²) in [7, 11) is 0. The van der Waals surface area contributed by atoms with Crippen LogP contribution in [0.25, 0.3) is 0 Å². The summed E-state index contributed by atoms with van der Waals surface area (Å²) in [5.41, 5.74) is 0.876. The second kappa shape index (κ2) is 7.67. The molecule has 1 aliphatic rings. The highest BCUT2D eigenvalue weighted by molar-refractivity contribution is 7.10. The molecule has 0 radical (unpaired) electrons. The normalized spacial score (nSPS) is 18.3. The maximum atomic E-state index is 12.2. The molecule has 1 saturated heterocycles. The van der Waals surface area contributed by atoms with E-state index < -0.39 is 0 Å². The summed E-state index contributed by atoms with van der Waals surface area (Å²) in [5.74, 6) is 0.0273. The van der Waals surface area contributed by atoms with Crippen LogP contribution in [0.5, 0.6) is 0 Å². The van der Waals surface area contributed by atoms with E-state index in [0.717, 1.165) is 24.9 Å². The van der Waals surface area contributed by atoms with Crippen molar-refractivity contribution < 1.29 is 4.79 Å². The van der Waals surface area contributed by atoms with Crippen molar-refractivity contribution in [2.75, 3.05) is 13.1 Å². The van der Waals surface area contributed by atoms with E-state index in [-0.39, 0.29) is 5.91 Å². The van der Waals surface area contributed by atoms with Crippen LogP contribution in [0.2, 0.25) is 10.0 Å². The number of amides is 1. The first-order valence-electron chi connectivity index (χ1n) is 7.61. The lowest BCUT2D eigenvalue weighted by atomic mass is 10.2. The second-order valence-electron chi connectivity index (χ2n) is 5.66. The van der Waals surface area contributed by atoms with E-state index in [0.29, 0.717) is 29.2 Å². The molecule has 1 aromatic carbocycles. The van der Waals surface area contributed by atoms with Gasteiger partial charge in [0, 0.05) is 27.5 Å². The van der Waals surface area contributed by atoms with E-state index in [1.165, 1.54) is 4.88 Å². The Labute approximate surface area is 150 Å². The van der Waals surface area contributed by atoms with Crippen LogP contribution in [0.1, 0.15) is 29.3 Å². The van der Waals surface area contributed by atoms with Crippen molar-refractivity contribution in [3.63, 3.8) is 0 Å². The van der Waals surface area contributed by atoms with Gasteiger partial charge in [-0.2, -0.15) is 0 Å². The highest BCUT2D eigenvalue weighted by atomic mass is 35.5. The third kappa shape index (κ3) is 4.27. The lowest BCUT2D eigenvalue weighted by molar-refractivity contribution is -0.122. The van der Waals surface area contributed by atoms with Crippen molar-refractivity contribution in [3.8, 4) is 0 Å². The molecule has 1 aromatic heterocycles. The lowest BCUT2D eigenvalue weighted by Crippen LogP contribution is -2.36. The first-order chi connectivity index (χ1) is 11.1. The number of benzene rings is 1. The molecule has 2 aromatic rings. The molecule has 23 heavy (non-hydrogen) atoms. The molecule has 2 heterocycles. The number of hydrogen-bond acceptors (Lipinski definition) is 3. The summed E-state index contributed by atoms with van der Waals surface area (Å²) < 4.78 is 0. The van der Waals surface area contributed by atoms with E-state index in [1.54, 1.807) is 23.5 Å². The van der Waals surface area contributed by atoms with Gasteiger partial charge in [-0.05, 0) is 48.5 Å². The minimum absolute atomic E-state index is 0.0273. The molecule has 1 aliphatic heterocycles. The molecular formula is C17H18Cl2N2OS. The van der Waals surface area contributed by atoms with Crippen LogP contribution in [0, 0.1) is 0 Å². The summed E-state index contributed by atoms with van der Waals surface area (Å²) in [6.45, 7) is 1.82. The van der Waals surface area contributed by atoms with E-state index in [4.69, 9.17) is 23.2 Å². The Bertz CT molecular complexity index is 675. The highest BCUT2D eigenvalue weighted by Gasteiger charge is 2.28.